The van der Waals surface area contributed by atoms with Gasteiger partial charge in [-0.25, -0.2) is 0 Å². The van der Waals surface area contributed by atoms with Gasteiger partial charge in [-0.15, -0.1) is 0 Å². The smallest absolute Gasteiger partial charge is 0.161 e. The van der Waals surface area contributed by atoms with Crippen molar-refractivity contribution in [3.05, 3.63) is 27.2 Å². The second kappa shape index (κ2) is 5.41. The summed E-state index contributed by atoms with van der Waals surface area (Å²) in [5.41, 5.74) is 0.954. The van der Waals surface area contributed by atoms with Gasteiger partial charge in [-0.1, -0.05) is 6.07 Å². The summed E-state index contributed by atoms with van der Waals surface area (Å²) in [6, 6.07) is 5.20. The molecule has 0 aliphatic heterocycles. The fourth-order valence-electron chi connectivity index (χ4n) is 1.02. The molecule has 0 aromatic heterocycles. The van der Waals surface area contributed by atoms with Gasteiger partial charge >= 0.3 is 0 Å². The van der Waals surface area contributed by atoms with E-state index in [0.29, 0.717) is 12.4 Å². The molecule has 0 heterocycles. The molecule has 14 heavy (non-hydrogen) atoms. The molecule has 0 radical (unpaired) electrons. The Balaban J connectivity index is 3.00. The zero-order valence-corrected chi connectivity index (χ0v) is 10.8. The van der Waals surface area contributed by atoms with Gasteiger partial charge < -0.3 is 9.84 Å². The highest BCUT2D eigenvalue weighted by Gasteiger charge is 2.01. The summed E-state index contributed by atoms with van der Waals surface area (Å²) >= 11 is 6.54. The van der Waals surface area contributed by atoms with E-state index in [4.69, 9.17) is 4.74 Å². The molecular formula is C10H10Br2O2. The largest absolute Gasteiger partial charge is 0.504 e. The van der Waals surface area contributed by atoms with Crippen molar-refractivity contribution in [3.8, 4) is 11.5 Å². The summed E-state index contributed by atoms with van der Waals surface area (Å²) in [7, 11) is 0. The second-order valence-electron chi connectivity index (χ2n) is 2.59. The minimum Gasteiger partial charge on any atom is -0.504 e. The van der Waals surface area contributed by atoms with E-state index in [0.717, 1.165) is 8.96 Å². The van der Waals surface area contributed by atoms with Crippen molar-refractivity contribution in [3.63, 3.8) is 0 Å². The summed E-state index contributed by atoms with van der Waals surface area (Å²) in [5, 5.41) is 9.43. The van der Waals surface area contributed by atoms with Gasteiger partial charge in [-0.2, -0.15) is 0 Å². The van der Waals surface area contributed by atoms with Crippen LogP contribution in [-0.2, 0) is 0 Å². The highest BCUT2D eigenvalue weighted by atomic mass is 79.9. The maximum absolute atomic E-state index is 9.43. The molecule has 0 unspecified atom stereocenters. The van der Waals surface area contributed by atoms with Gasteiger partial charge in [0.15, 0.2) is 11.5 Å². The molecule has 1 N–H and O–H groups in total. The first-order valence-electron chi connectivity index (χ1n) is 4.12. The van der Waals surface area contributed by atoms with Crippen LogP contribution in [0.4, 0.5) is 0 Å². The van der Waals surface area contributed by atoms with Crippen molar-refractivity contribution in [1.82, 2.24) is 0 Å². The van der Waals surface area contributed by atoms with Crippen LogP contribution in [0.15, 0.2) is 21.6 Å². The minimum atomic E-state index is 0.162. The van der Waals surface area contributed by atoms with Crippen molar-refractivity contribution < 1.29 is 9.84 Å². The Morgan fingerprint density at radius 3 is 2.79 bits per heavy atom. The van der Waals surface area contributed by atoms with Crippen LogP contribution in [0.2, 0.25) is 0 Å². The normalized spacial score (nSPS) is 9.64. The Bertz CT molecular complexity index is 344. The van der Waals surface area contributed by atoms with Gasteiger partial charge in [0, 0.05) is 0 Å². The standard InChI is InChI=1S/C10H10Br2O2/c1-2-14-9-5-7(6-10(11)12)3-4-8(9)13/h3-6,13H,2H2,1H3. The van der Waals surface area contributed by atoms with Gasteiger partial charge in [-0.3, -0.25) is 0 Å². The Labute approximate surface area is 99.8 Å². The molecule has 76 valence electrons. The van der Waals surface area contributed by atoms with Crippen molar-refractivity contribution in [1.29, 1.82) is 0 Å². The fraction of sp³-hybridized carbons (Fsp3) is 0.200. The summed E-state index contributed by atoms with van der Waals surface area (Å²) in [4.78, 5) is 0. The predicted octanol–water partition coefficient (Wildman–Crippen LogP) is 3.88. The monoisotopic (exact) mass is 320 g/mol. The maximum Gasteiger partial charge on any atom is 0.161 e. The molecular weight excluding hydrogens is 312 g/mol. The number of phenols is 1. The van der Waals surface area contributed by atoms with Crippen LogP contribution in [-0.4, -0.2) is 11.7 Å². The Hall–Kier alpha value is -0.480. The number of hydrogen-bond acceptors (Lipinski definition) is 2. The van der Waals surface area contributed by atoms with Crippen molar-refractivity contribution in [2.45, 2.75) is 6.92 Å². The maximum atomic E-state index is 9.43. The molecule has 0 amide bonds. The molecule has 0 spiro atoms. The number of aromatic hydroxyl groups is 1. The van der Waals surface area contributed by atoms with Crippen molar-refractivity contribution in [2.75, 3.05) is 6.61 Å². The molecule has 0 saturated carbocycles. The molecule has 2 nitrogen and oxygen atoms in total. The zero-order valence-electron chi connectivity index (χ0n) is 7.63. The lowest BCUT2D eigenvalue weighted by atomic mass is 10.2. The highest BCUT2D eigenvalue weighted by Crippen LogP contribution is 2.28. The highest BCUT2D eigenvalue weighted by molar-refractivity contribution is 9.28. The number of halogens is 2. The van der Waals surface area contributed by atoms with Crippen LogP contribution in [0.5, 0.6) is 11.5 Å². The third-order valence-corrected chi connectivity index (χ3v) is 2.02. The number of hydrogen-bond donors (Lipinski definition) is 1. The van der Waals surface area contributed by atoms with Crippen molar-refractivity contribution >= 4 is 37.9 Å². The average molecular weight is 322 g/mol. The Kier molecular flexibility index (Phi) is 4.48. The first-order chi connectivity index (χ1) is 6.63. The Morgan fingerprint density at radius 2 is 2.21 bits per heavy atom. The topological polar surface area (TPSA) is 29.5 Å². The van der Waals surface area contributed by atoms with E-state index in [1.165, 1.54) is 0 Å². The molecule has 0 aliphatic rings. The van der Waals surface area contributed by atoms with Gasteiger partial charge in [0.05, 0.1) is 10.00 Å². The van der Waals surface area contributed by atoms with E-state index < -0.39 is 0 Å². The summed E-state index contributed by atoms with van der Waals surface area (Å²) < 4.78 is 6.09. The first-order valence-corrected chi connectivity index (χ1v) is 5.70. The third-order valence-electron chi connectivity index (χ3n) is 1.56. The van der Waals surface area contributed by atoms with Gasteiger partial charge in [0.1, 0.15) is 0 Å². The zero-order chi connectivity index (χ0) is 10.6. The van der Waals surface area contributed by atoms with Crippen LogP contribution in [0.25, 0.3) is 6.08 Å². The number of benzene rings is 1. The van der Waals surface area contributed by atoms with E-state index >= 15 is 0 Å². The van der Waals surface area contributed by atoms with Crippen LogP contribution >= 0.6 is 31.9 Å². The quantitative estimate of drug-likeness (QED) is 0.915. The molecule has 0 saturated heterocycles. The predicted molar refractivity (Wildman–Crippen MR) is 65.1 cm³/mol. The molecule has 0 aliphatic carbocycles. The van der Waals surface area contributed by atoms with Gasteiger partial charge in [-0.05, 0) is 62.6 Å². The van der Waals surface area contributed by atoms with Gasteiger partial charge in [0.25, 0.3) is 0 Å². The van der Waals surface area contributed by atoms with Crippen LogP contribution in [0.1, 0.15) is 12.5 Å². The molecule has 1 aromatic carbocycles. The number of rotatable bonds is 3. The summed E-state index contributed by atoms with van der Waals surface area (Å²) in [6.07, 6.45) is 1.88. The lowest BCUT2D eigenvalue weighted by Gasteiger charge is -2.06. The molecule has 4 heteroatoms. The summed E-state index contributed by atoms with van der Waals surface area (Å²) in [5.74, 6) is 0.664. The van der Waals surface area contributed by atoms with Crippen molar-refractivity contribution in [2.24, 2.45) is 0 Å². The van der Waals surface area contributed by atoms with Crippen LogP contribution in [0, 0.1) is 0 Å². The van der Waals surface area contributed by atoms with Gasteiger partial charge in [0.2, 0.25) is 0 Å². The van der Waals surface area contributed by atoms with E-state index in [1.54, 1.807) is 18.2 Å². The van der Waals surface area contributed by atoms with Crippen LogP contribution < -0.4 is 4.74 Å². The van der Waals surface area contributed by atoms with E-state index in [1.807, 2.05) is 13.0 Å². The summed E-state index contributed by atoms with van der Waals surface area (Å²) in [6.45, 7) is 2.42. The lowest BCUT2D eigenvalue weighted by Crippen LogP contribution is -1.91. The van der Waals surface area contributed by atoms with Crippen LogP contribution in [0.3, 0.4) is 0 Å². The molecule has 0 fully saturated rings. The second-order valence-corrected chi connectivity index (χ2v) is 5.37. The van der Waals surface area contributed by atoms with E-state index in [-0.39, 0.29) is 5.75 Å². The fourth-order valence-corrected chi connectivity index (χ4v) is 1.55. The van der Waals surface area contributed by atoms with E-state index in [2.05, 4.69) is 31.9 Å². The first kappa shape index (κ1) is 11.6. The lowest BCUT2D eigenvalue weighted by molar-refractivity contribution is 0.318. The molecule has 0 atom stereocenters. The van der Waals surface area contributed by atoms with E-state index in [9.17, 15) is 5.11 Å². The SMILES string of the molecule is CCOc1cc(C=C(Br)Br)ccc1O. The Morgan fingerprint density at radius 1 is 1.50 bits per heavy atom. The average Bonchev–Trinajstić information content (AvgIpc) is 2.10. The number of phenolic OH excluding ortho intramolecular Hbond substituents is 1. The molecule has 1 aromatic rings. The minimum absolute atomic E-state index is 0.162. The molecule has 0 bridgehead atoms. The third kappa shape index (κ3) is 3.35. The number of ether oxygens (including phenoxy) is 1. The molecule has 1 rings (SSSR count).